The summed E-state index contributed by atoms with van der Waals surface area (Å²) in [4.78, 5) is 23.5. The van der Waals surface area contributed by atoms with Crippen LogP contribution < -0.4 is 5.32 Å². The topological polar surface area (TPSA) is 130 Å². The number of carbonyl (C=O) groups is 2. The Labute approximate surface area is 230 Å². The van der Waals surface area contributed by atoms with Crippen molar-refractivity contribution in [3.63, 3.8) is 0 Å². The molecule has 226 valence electrons. The Bertz CT molecular complexity index is 655. The molecule has 0 fully saturated rings. The summed E-state index contributed by atoms with van der Waals surface area (Å²) >= 11 is 0. The molecule has 1 amide bonds. The Hall–Kier alpha value is -1.19. The van der Waals surface area contributed by atoms with Gasteiger partial charge < -0.3 is 19.9 Å². The number of unbranched alkanes of at least 4 members (excludes halogenated alkanes) is 12. The molecule has 0 aliphatic heterocycles. The Morgan fingerprint density at radius 2 is 1.37 bits per heavy atom. The van der Waals surface area contributed by atoms with Crippen molar-refractivity contribution < 1.29 is 42.3 Å². The number of amides is 1. The van der Waals surface area contributed by atoms with Gasteiger partial charge in [-0.05, 0) is 27.2 Å². The van der Waals surface area contributed by atoms with Crippen LogP contribution in [0.5, 0.6) is 0 Å². The Kier molecular flexibility index (Phi) is 21.9. The summed E-state index contributed by atoms with van der Waals surface area (Å²) < 4.78 is 37.5. The molecule has 10 nitrogen and oxygen atoms in total. The van der Waals surface area contributed by atoms with Gasteiger partial charge in [-0.3, -0.25) is 18.4 Å². The maximum Gasteiger partial charge on any atom is 0.474 e. The molecular weight excluding hydrogens is 513 g/mol. The van der Waals surface area contributed by atoms with E-state index in [1.165, 1.54) is 64.2 Å². The molecule has 0 aliphatic rings. The van der Waals surface area contributed by atoms with Crippen molar-refractivity contribution in [2.75, 3.05) is 33.5 Å². The van der Waals surface area contributed by atoms with Gasteiger partial charge in [0.05, 0.1) is 13.2 Å². The fourth-order valence-electron chi connectivity index (χ4n) is 3.54. The molecule has 0 bridgehead atoms. The predicted octanol–water partition coefficient (Wildman–Crippen LogP) is 6.68. The molecule has 0 aromatic carbocycles. The number of esters is 1. The lowest BCUT2D eigenvalue weighted by molar-refractivity contribution is -0.147. The van der Waals surface area contributed by atoms with Crippen molar-refractivity contribution in [3.8, 4) is 0 Å². The van der Waals surface area contributed by atoms with Crippen molar-refractivity contribution in [1.29, 1.82) is 0 Å². The third-order valence-electron chi connectivity index (χ3n) is 5.59. The van der Waals surface area contributed by atoms with Crippen LogP contribution in [0.4, 0.5) is 4.79 Å². The second-order valence-electron chi connectivity index (χ2n) is 10.5. The number of ether oxygens (including phenoxy) is 2. The van der Waals surface area contributed by atoms with Crippen LogP contribution in [0.1, 0.15) is 118 Å². The van der Waals surface area contributed by atoms with Crippen LogP contribution in [-0.2, 0) is 32.4 Å². The normalized spacial score (nSPS) is 14.1. The number of aliphatic hydroxyl groups excluding tert-OH is 1. The van der Waals surface area contributed by atoms with Gasteiger partial charge in [-0.25, -0.2) is 9.36 Å². The molecule has 0 saturated heterocycles. The lowest BCUT2D eigenvalue weighted by Gasteiger charge is -2.20. The second kappa shape index (κ2) is 22.6. The summed E-state index contributed by atoms with van der Waals surface area (Å²) in [6.45, 7) is 6.62. The smallest absolute Gasteiger partial charge is 0.463 e. The average Bonchev–Trinajstić information content (AvgIpc) is 2.86. The summed E-state index contributed by atoms with van der Waals surface area (Å²) in [5, 5.41) is 12.4. The van der Waals surface area contributed by atoms with Crippen LogP contribution in [0.25, 0.3) is 0 Å². The zero-order valence-electron chi connectivity index (χ0n) is 24.5. The van der Waals surface area contributed by atoms with E-state index in [1.54, 1.807) is 20.8 Å². The van der Waals surface area contributed by atoms with Crippen LogP contribution in [0.2, 0.25) is 0 Å². The summed E-state index contributed by atoms with van der Waals surface area (Å²) in [5.41, 5.74) is -0.637. The minimum absolute atomic E-state index is 0.0188. The highest BCUT2D eigenvalue weighted by atomic mass is 31.2. The van der Waals surface area contributed by atoms with Gasteiger partial charge in [0.25, 0.3) is 0 Å². The summed E-state index contributed by atoms with van der Waals surface area (Å²) in [6.07, 6.45) is 14.5. The highest BCUT2D eigenvalue weighted by molar-refractivity contribution is 7.48. The van der Waals surface area contributed by atoms with E-state index in [4.69, 9.17) is 23.0 Å². The van der Waals surface area contributed by atoms with Gasteiger partial charge in [-0.1, -0.05) is 84.0 Å². The third-order valence-corrected chi connectivity index (χ3v) is 7.00. The molecule has 0 aromatic heterocycles. The standard InChI is InChI=1S/C27H54NO9P/c1-6-7-8-9-10-11-12-13-14-15-16-17-18-19-25(30)34-22-24(29)23-36-38(32,33-5)35-21-20-28-26(31)37-27(2,3)4/h24,29H,6-23H2,1-5H3,(H,28,31)/t24-,38?/m1/s1. The lowest BCUT2D eigenvalue weighted by atomic mass is 10.0. The number of hydrogen-bond donors (Lipinski definition) is 2. The molecule has 0 spiro atoms. The van der Waals surface area contributed by atoms with Crippen molar-refractivity contribution in [2.45, 2.75) is 129 Å². The van der Waals surface area contributed by atoms with E-state index in [1.807, 2.05) is 0 Å². The first-order valence-electron chi connectivity index (χ1n) is 14.3. The number of carbonyl (C=O) groups excluding carboxylic acids is 2. The predicted molar refractivity (Wildman–Crippen MR) is 148 cm³/mol. The monoisotopic (exact) mass is 567 g/mol. The number of phosphoric acid groups is 1. The average molecular weight is 568 g/mol. The number of aliphatic hydroxyl groups is 1. The summed E-state index contributed by atoms with van der Waals surface area (Å²) in [6, 6.07) is 0. The zero-order valence-corrected chi connectivity index (χ0v) is 25.4. The molecule has 11 heteroatoms. The number of nitrogens with one attached hydrogen (secondary N) is 1. The van der Waals surface area contributed by atoms with Crippen molar-refractivity contribution in [1.82, 2.24) is 5.32 Å². The number of phosphoric ester groups is 1. The van der Waals surface area contributed by atoms with Gasteiger partial charge in [0, 0.05) is 20.1 Å². The number of rotatable bonds is 24. The molecule has 0 aromatic rings. The third kappa shape index (κ3) is 23.9. The van der Waals surface area contributed by atoms with Crippen LogP contribution in [0.15, 0.2) is 0 Å². The first kappa shape index (κ1) is 36.8. The van der Waals surface area contributed by atoms with Crippen LogP contribution in [0, 0.1) is 0 Å². The van der Waals surface area contributed by atoms with Gasteiger partial charge in [-0.15, -0.1) is 0 Å². The Morgan fingerprint density at radius 1 is 0.842 bits per heavy atom. The molecule has 2 atom stereocenters. The van der Waals surface area contributed by atoms with Gasteiger partial charge >= 0.3 is 19.9 Å². The maximum absolute atomic E-state index is 12.4. The zero-order chi connectivity index (χ0) is 28.7. The van der Waals surface area contributed by atoms with E-state index in [-0.39, 0.29) is 25.7 Å². The molecule has 2 N–H and O–H groups in total. The van der Waals surface area contributed by atoms with Crippen molar-refractivity contribution >= 4 is 19.9 Å². The summed E-state index contributed by atoms with van der Waals surface area (Å²) in [7, 11) is -2.80. The fraction of sp³-hybridized carbons (Fsp3) is 0.926. The maximum atomic E-state index is 12.4. The minimum atomic E-state index is -3.94. The Morgan fingerprint density at radius 3 is 1.87 bits per heavy atom. The van der Waals surface area contributed by atoms with Crippen LogP contribution in [0.3, 0.4) is 0 Å². The molecule has 0 saturated carbocycles. The first-order chi connectivity index (χ1) is 18.0. The molecule has 0 aliphatic carbocycles. The van der Waals surface area contributed by atoms with Crippen LogP contribution in [-0.4, -0.2) is 62.3 Å². The SMILES string of the molecule is CCCCCCCCCCCCCCCC(=O)OC[C@@H](O)COP(=O)(OC)OCCNC(=O)OC(C)(C)C. The molecule has 0 rings (SSSR count). The quantitative estimate of drug-likeness (QED) is 0.0745. The molecule has 38 heavy (non-hydrogen) atoms. The second-order valence-corrected chi connectivity index (χ2v) is 12.3. The van der Waals surface area contributed by atoms with Crippen molar-refractivity contribution in [2.24, 2.45) is 0 Å². The molecular formula is C27H54NO9P. The van der Waals surface area contributed by atoms with E-state index in [2.05, 4.69) is 12.2 Å². The van der Waals surface area contributed by atoms with Gasteiger partial charge in [0.15, 0.2) is 0 Å². The van der Waals surface area contributed by atoms with Crippen LogP contribution >= 0.6 is 7.82 Å². The van der Waals surface area contributed by atoms with E-state index >= 15 is 0 Å². The van der Waals surface area contributed by atoms with E-state index in [0.29, 0.717) is 6.42 Å². The minimum Gasteiger partial charge on any atom is -0.463 e. The van der Waals surface area contributed by atoms with E-state index in [0.717, 1.165) is 26.4 Å². The first-order valence-corrected chi connectivity index (χ1v) is 15.7. The number of hydrogen-bond acceptors (Lipinski definition) is 9. The molecule has 1 unspecified atom stereocenters. The number of alkyl carbamates (subject to hydrolysis) is 1. The molecule has 0 heterocycles. The van der Waals surface area contributed by atoms with E-state index in [9.17, 15) is 19.3 Å². The van der Waals surface area contributed by atoms with Gasteiger partial charge in [0.2, 0.25) is 0 Å². The highest BCUT2D eigenvalue weighted by Crippen LogP contribution is 2.48. The Balaban J connectivity index is 3.78. The van der Waals surface area contributed by atoms with Crippen molar-refractivity contribution in [3.05, 3.63) is 0 Å². The largest absolute Gasteiger partial charge is 0.474 e. The van der Waals surface area contributed by atoms with Gasteiger partial charge in [-0.2, -0.15) is 0 Å². The van der Waals surface area contributed by atoms with Gasteiger partial charge in [0.1, 0.15) is 18.3 Å². The van der Waals surface area contributed by atoms with E-state index < -0.39 is 32.2 Å². The molecule has 0 radical (unpaired) electrons. The lowest BCUT2D eigenvalue weighted by Crippen LogP contribution is -2.34. The highest BCUT2D eigenvalue weighted by Gasteiger charge is 2.26. The fourth-order valence-corrected chi connectivity index (χ4v) is 4.50. The summed E-state index contributed by atoms with van der Waals surface area (Å²) in [5.74, 6) is -0.383.